The SMILES string of the molecule is O=C1C=CC=C(C=Cc2ccccc2)C1=O.O=C1C=CC=C(C=Cc2ccccc2)C1=O. The molecule has 4 rings (SSSR count). The van der Waals surface area contributed by atoms with Crippen molar-refractivity contribution in [1.82, 2.24) is 0 Å². The Labute approximate surface area is 186 Å². The standard InChI is InChI=1S/2C14H10O2/c2*15-13-8-4-7-12(14(13)16)10-9-11-5-2-1-3-6-11/h2*1-10H. The van der Waals surface area contributed by atoms with E-state index < -0.39 is 23.1 Å². The predicted molar refractivity (Wildman–Crippen MR) is 125 cm³/mol. The molecule has 0 spiro atoms. The van der Waals surface area contributed by atoms with Gasteiger partial charge in [-0.05, 0) is 23.3 Å². The molecule has 0 aromatic heterocycles. The Morgan fingerprint density at radius 1 is 0.469 bits per heavy atom. The van der Waals surface area contributed by atoms with Crippen molar-refractivity contribution in [2.24, 2.45) is 0 Å². The third kappa shape index (κ3) is 6.28. The highest BCUT2D eigenvalue weighted by atomic mass is 16.2. The summed E-state index contributed by atoms with van der Waals surface area (Å²) in [6.07, 6.45) is 16.0. The van der Waals surface area contributed by atoms with Gasteiger partial charge in [-0.1, -0.05) is 109 Å². The van der Waals surface area contributed by atoms with Crippen molar-refractivity contribution in [2.45, 2.75) is 0 Å². The van der Waals surface area contributed by atoms with Gasteiger partial charge in [0.25, 0.3) is 0 Å². The Hall–Kier alpha value is -4.44. The number of rotatable bonds is 4. The van der Waals surface area contributed by atoms with E-state index in [9.17, 15) is 19.2 Å². The number of benzene rings is 2. The van der Waals surface area contributed by atoms with E-state index >= 15 is 0 Å². The fourth-order valence-electron chi connectivity index (χ4n) is 2.83. The van der Waals surface area contributed by atoms with E-state index in [2.05, 4.69) is 0 Å². The maximum absolute atomic E-state index is 11.4. The monoisotopic (exact) mass is 420 g/mol. The maximum Gasteiger partial charge on any atom is 0.232 e. The number of ketones is 4. The lowest BCUT2D eigenvalue weighted by Crippen LogP contribution is -2.14. The summed E-state index contributed by atoms with van der Waals surface area (Å²) in [5.74, 6) is -1.82. The van der Waals surface area contributed by atoms with E-state index in [1.165, 1.54) is 12.2 Å². The fourth-order valence-corrected chi connectivity index (χ4v) is 2.83. The lowest BCUT2D eigenvalue weighted by molar-refractivity contribution is -0.131. The molecule has 0 atom stereocenters. The molecule has 0 heterocycles. The number of allylic oxidation sites excluding steroid dienone is 10. The quantitative estimate of drug-likeness (QED) is 0.533. The van der Waals surface area contributed by atoms with Gasteiger partial charge in [0.1, 0.15) is 0 Å². The van der Waals surface area contributed by atoms with Crippen LogP contribution < -0.4 is 0 Å². The van der Waals surface area contributed by atoms with Gasteiger partial charge < -0.3 is 0 Å². The van der Waals surface area contributed by atoms with Crippen LogP contribution in [-0.2, 0) is 19.2 Å². The Balaban J connectivity index is 0.000000181. The molecule has 0 aliphatic heterocycles. The van der Waals surface area contributed by atoms with Gasteiger partial charge in [-0.3, -0.25) is 19.2 Å². The molecule has 0 radical (unpaired) electrons. The second-order valence-corrected chi connectivity index (χ2v) is 6.84. The molecule has 156 valence electrons. The molecule has 0 saturated carbocycles. The van der Waals surface area contributed by atoms with E-state index in [0.717, 1.165) is 11.1 Å². The van der Waals surface area contributed by atoms with Crippen LogP contribution in [-0.4, -0.2) is 23.1 Å². The molecule has 2 aliphatic rings. The highest BCUT2D eigenvalue weighted by Crippen LogP contribution is 2.11. The van der Waals surface area contributed by atoms with Crippen LogP contribution in [0.15, 0.2) is 120 Å². The molecule has 0 bridgehead atoms. The first-order valence-electron chi connectivity index (χ1n) is 9.95. The summed E-state index contributed by atoms with van der Waals surface area (Å²) in [7, 11) is 0. The average Bonchev–Trinajstić information content (AvgIpc) is 2.83. The largest absolute Gasteiger partial charge is 0.286 e. The zero-order valence-corrected chi connectivity index (χ0v) is 17.2. The van der Waals surface area contributed by atoms with Gasteiger partial charge in [-0.2, -0.15) is 0 Å². The van der Waals surface area contributed by atoms with Crippen molar-refractivity contribution >= 4 is 35.3 Å². The van der Waals surface area contributed by atoms with Crippen LogP contribution in [0.2, 0.25) is 0 Å². The Bertz CT molecular complexity index is 1110. The van der Waals surface area contributed by atoms with E-state index in [-0.39, 0.29) is 0 Å². The van der Waals surface area contributed by atoms with Crippen LogP contribution in [0.5, 0.6) is 0 Å². The van der Waals surface area contributed by atoms with Crippen molar-refractivity contribution < 1.29 is 19.2 Å². The van der Waals surface area contributed by atoms with E-state index in [1.807, 2.05) is 72.8 Å². The van der Waals surface area contributed by atoms with Crippen molar-refractivity contribution in [3.63, 3.8) is 0 Å². The first-order valence-corrected chi connectivity index (χ1v) is 9.95. The minimum absolute atomic E-state index is 0.427. The van der Waals surface area contributed by atoms with Gasteiger partial charge in [0.2, 0.25) is 23.1 Å². The lowest BCUT2D eigenvalue weighted by Gasteiger charge is -2.01. The summed E-state index contributed by atoms with van der Waals surface area (Å²) in [5.41, 5.74) is 2.85. The third-order valence-electron chi connectivity index (χ3n) is 4.53. The minimum Gasteiger partial charge on any atom is -0.286 e. The number of hydrogen-bond donors (Lipinski definition) is 0. The number of hydrogen-bond acceptors (Lipinski definition) is 4. The van der Waals surface area contributed by atoms with E-state index in [0.29, 0.717) is 11.1 Å². The number of carbonyl (C=O) groups is 4. The molecule has 0 fully saturated rings. The molecule has 0 saturated heterocycles. The molecule has 4 heteroatoms. The lowest BCUT2D eigenvalue weighted by atomic mass is 10.0. The van der Waals surface area contributed by atoms with Crippen molar-refractivity contribution in [1.29, 1.82) is 0 Å². The number of carbonyl (C=O) groups excluding carboxylic acids is 4. The van der Waals surface area contributed by atoms with Crippen LogP contribution in [0.25, 0.3) is 12.2 Å². The fraction of sp³-hybridized carbons (Fsp3) is 0. The molecule has 4 nitrogen and oxygen atoms in total. The van der Waals surface area contributed by atoms with Gasteiger partial charge >= 0.3 is 0 Å². The summed E-state index contributed by atoms with van der Waals surface area (Å²) in [6.45, 7) is 0. The Morgan fingerprint density at radius 3 is 1.22 bits per heavy atom. The average molecular weight is 420 g/mol. The van der Waals surface area contributed by atoms with Gasteiger partial charge in [0.15, 0.2) is 0 Å². The van der Waals surface area contributed by atoms with Gasteiger partial charge in [0.05, 0.1) is 0 Å². The molecule has 2 aromatic rings. The maximum atomic E-state index is 11.4. The summed E-state index contributed by atoms with van der Waals surface area (Å²) in [4.78, 5) is 45.1. The topological polar surface area (TPSA) is 68.3 Å². The molecule has 2 aromatic carbocycles. The van der Waals surface area contributed by atoms with Crippen LogP contribution in [0, 0.1) is 0 Å². The number of Topliss-reactive ketones (excluding diaryl/α,β-unsaturated/α-hetero) is 2. The van der Waals surface area contributed by atoms with Crippen LogP contribution >= 0.6 is 0 Å². The zero-order chi connectivity index (χ0) is 22.8. The second kappa shape index (κ2) is 11.1. The summed E-state index contributed by atoms with van der Waals surface area (Å²) >= 11 is 0. The van der Waals surface area contributed by atoms with Crippen molar-refractivity contribution in [3.05, 3.63) is 132 Å². The third-order valence-corrected chi connectivity index (χ3v) is 4.53. The molecular weight excluding hydrogens is 400 g/mol. The van der Waals surface area contributed by atoms with Crippen LogP contribution in [0.1, 0.15) is 11.1 Å². The van der Waals surface area contributed by atoms with E-state index in [4.69, 9.17) is 0 Å². The van der Waals surface area contributed by atoms with E-state index in [1.54, 1.807) is 36.5 Å². The zero-order valence-electron chi connectivity index (χ0n) is 17.2. The minimum atomic E-state index is -0.463. The highest BCUT2D eigenvalue weighted by Gasteiger charge is 2.17. The second-order valence-electron chi connectivity index (χ2n) is 6.84. The molecule has 2 aliphatic carbocycles. The summed E-state index contributed by atoms with van der Waals surface area (Å²) < 4.78 is 0. The molecule has 32 heavy (non-hydrogen) atoms. The van der Waals surface area contributed by atoms with Gasteiger partial charge in [-0.15, -0.1) is 0 Å². The van der Waals surface area contributed by atoms with Crippen molar-refractivity contribution in [3.8, 4) is 0 Å². The smallest absolute Gasteiger partial charge is 0.232 e. The first kappa shape index (κ1) is 22.2. The Morgan fingerprint density at radius 2 is 0.844 bits per heavy atom. The molecular formula is C28H20O4. The summed E-state index contributed by atoms with van der Waals surface area (Å²) in [6, 6.07) is 19.3. The van der Waals surface area contributed by atoms with Crippen molar-refractivity contribution in [2.75, 3.05) is 0 Å². The molecule has 0 amide bonds. The van der Waals surface area contributed by atoms with Crippen LogP contribution in [0.4, 0.5) is 0 Å². The van der Waals surface area contributed by atoms with Crippen LogP contribution in [0.3, 0.4) is 0 Å². The molecule has 0 N–H and O–H groups in total. The Kier molecular flexibility index (Phi) is 7.71. The highest BCUT2D eigenvalue weighted by molar-refractivity contribution is 6.49. The summed E-state index contributed by atoms with van der Waals surface area (Å²) in [5, 5.41) is 0. The molecule has 0 unspecified atom stereocenters. The van der Waals surface area contributed by atoms with Gasteiger partial charge in [-0.25, -0.2) is 0 Å². The normalized spacial score (nSPS) is 15.6. The first-order chi connectivity index (χ1) is 15.5. The predicted octanol–water partition coefficient (Wildman–Crippen LogP) is 4.67. The van der Waals surface area contributed by atoms with Gasteiger partial charge in [0, 0.05) is 11.1 Å².